The zero-order valence-electron chi connectivity index (χ0n) is 9.91. The van der Waals surface area contributed by atoms with E-state index in [-0.39, 0.29) is 0 Å². The summed E-state index contributed by atoms with van der Waals surface area (Å²) < 4.78 is 30.5. The summed E-state index contributed by atoms with van der Waals surface area (Å²) in [6, 6.07) is 15.9. The molecule has 0 saturated heterocycles. The molecule has 0 saturated carbocycles. The van der Waals surface area contributed by atoms with E-state index < -0.39 is 15.2 Å². The number of hydrogen-bond acceptors (Lipinski definition) is 3. The molecule has 0 spiro atoms. The van der Waals surface area contributed by atoms with E-state index in [9.17, 15) is 8.42 Å². The van der Waals surface area contributed by atoms with Crippen LogP contribution in [-0.2, 0) is 10.0 Å². The Kier molecular flexibility index (Phi) is 4.29. The molecule has 0 aromatic heterocycles. The molecular formula is C13H12ClNO3S. The van der Waals surface area contributed by atoms with E-state index in [0.29, 0.717) is 11.4 Å². The summed E-state index contributed by atoms with van der Waals surface area (Å²) >= 11 is 5.31. The molecule has 100 valence electrons. The van der Waals surface area contributed by atoms with Crippen LogP contribution in [0.25, 0.3) is 0 Å². The maximum atomic E-state index is 11.3. The molecule has 0 heterocycles. The fraction of sp³-hybridized carbons (Fsp3) is 0.0769. The monoisotopic (exact) mass is 297 g/mol. The van der Waals surface area contributed by atoms with Gasteiger partial charge in [-0.25, -0.2) is 8.42 Å². The predicted octanol–water partition coefficient (Wildman–Crippen LogP) is 3.42. The average Bonchev–Trinajstić information content (AvgIpc) is 2.42. The number of hydrogen-bond donors (Lipinski definition) is 1. The fourth-order valence-corrected chi connectivity index (χ4v) is 2.14. The van der Waals surface area contributed by atoms with Crippen LogP contribution in [0.4, 0.5) is 5.69 Å². The number of rotatable bonds is 5. The smallest absolute Gasteiger partial charge is 0.246 e. The van der Waals surface area contributed by atoms with Crippen molar-refractivity contribution >= 4 is 27.3 Å². The van der Waals surface area contributed by atoms with Crippen molar-refractivity contribution in [1.29, 1.82) is 0 Å². The van der Waals surface area contributed by atoms with E-state index in [4.69, 9.17) is 16.3 Å². The van der Waals surface area contributed by atoms with Crippen molar-refractivity contribution < 1.29 is 13.2 Å². The van der Waals surface area contributed by atoms with Crippen LogP contribution in [0.1, 0.15) is 0 Å². The third-order valence-electron chi connectivity index (χ3n) is 2.25. The first-order valence-electron chi connectivity index (χ1n) is 5.48. The van der Waals surface area contributed by atoms with E-state index in [0.717, 1.165) is 5.75 Å². The second-order valence-corrected chi connectivity index (χ2v) is 6.07. The van der Waals surface area contributed by atoms with Gasteiger partial charge in [0.2, 0.25) is 10.0 Å². The number of sulfonamides is 1. The van der Waals surface area contributed by atoms with Gasteiger partial charge >= 0.3 is 0 Å². The maximum absolute atomic E-state index is 11.3. The molecule has 0 fully saturated rings. The molecule has 2 aromatic carbocycles. The second kappa shape index (κ2) is 5.95. The molecule has 4 nitrogen and oxygen atoms in total. The Balaban J connectivity index is 2.07. The van der Waals surface area contributed by atoms with Crippen molar-refractivity contribution in [2.24, 2.45) is 0 Å². The Morgan fingerprint density at radius 1 is 0.947 bits per heavy atom. The Morgan fingerprint density at radius 3 is 2.11 bits per heavy atom. The molecule has 2 rings (SSSR count). The number of alkyl halides is 1. The molecule has 0 amide bonds. The van der Waals surface area contributed by atoms with Gasteiger partial charge < -0.3 is 4.74 Å². The summed E-state index contributed by atoms with van der Waals surface area (Å²) in [6.07, 6.45) is 0. The van der Waals surface area contributed by atoms with Gasteiger partial charge in [0.15, 0.2) is 0 Å². The van der Waals surface area contributed by atoms with Gasteiger partial charge in [0.05, 0.1) is 0 Å². The Labute approximate surface area is 117 Å². The van der Waals surface area contributed by atoms with Crippen LogP contribution in [0.3, 0.4) is 0 Å². The van der Waals surface area contributed by atoms with Gasteiger partial charge in [-0.15, -0.1) is 11.6 Å². The molecule has 19 heavy (non-hydrogen) atoms. The van der Waals surface area contributed by atoms with Crippen molar-refractivity contribution in [2.75, 3.05) is 9.93 Å². The van der Waals surface area contributed by atoms with E-state index in [1.807, 2.05) is 30.3 Å². The van der Waals surface area contributed by atoms with Gasteiger partial charge in [0.1, 0.15) is 16.7 Å². The van der Waals surface area contributed by atoms with Crippen LogP contribution < -0.4 is 9.46 Å². The number of ether oxygens (including phenoxy) is 1. The van der Waals surface area contributed by atoms with Gasteiger partial charge in [-0.1, -0.05) is 18.2 Å². The molecule has 0 bridgehead atoms. The summed E-state index contributed by atoms with van der Waals surface area (Å²) in [5, 5.41) is -0.477. The SMILES string of the molecule is O=S(=O)(CCl)Nc1ccc(Oc2ccccc2)cc1. The minimum absolute atomic E-state index is 0.445. The van der Waals surface area contributed by atoms with Crippen molar-refractivity contribution in [2.45, 2.75) is 0 Å². The average molecular weight is 298 g/mol. The van der Waals surface area contributed by atoms with Crippen molar-refractivity contribution in [1.82, 2.24) is 0 Å². The number of para-hydroxylation sites is 1. The molecule has 6 heteroatoms. The van der Waals surface area contributed by atoms with Gasteiger partial charge in [0, 0.05) is 5.69 Å². The molecule has 0 aliphatic rings. The van der Waals surface area contributed by atoms with Crippen LogP contribution in [0.15, 0.2) is 54.6 Å². The third kappa shape index (κ3) is 4.15. The first-order chi connectivity index (χ1) is 9.09. The second-order valence-electron chi connectivity index (χ2n) is 3.77. The van der Waals surface area contributed by atoms with Gasteiger partial charge in [-0.3, -0.25) is 4.72 Å². The zero-order chi connectivity index (χ0) is 13.7. The zero-order valence-corrected chi connectivity index (χ0v) is 11.5. The molecule has 0 aliphatic heterocycles. The Bertz CT molecular complexity index is 627. The molecule has 0 unspecified atom stereocenters. The van der Waals surface area contributed by atoms with E-state index in [1.54, 1.807) is 24.3 Å². The Hall–Kier alpha value is -1.72. The fourth-order valence-electron chi connectivity index (χ4n) is 1.42. The largest absolute Gasteiger partial charge is 0.457 e. The number of anilines is 1. The summed E-state index contributed by atoms with van der Waals surface area (Å²) in [5.41, 5.74) is 0.445. The standard InChI is InChI=1S/C13H12ClNO3S/c14-10-19(16,17)15-11-6-8-13(9-7-11)18-12-4-2-1-3-5-12/h1-9,15H,10H2. The minimum atomic E-state index is -3.47. The highest BCUT2D eigenvalue weighted by molar-refractivity contribution is 7.93. The maximum Gasteiger partial charge on any atom is 0.246 e. The molecule has 1 N–H and O–H groups in total. The van der Waals surface area contributed by atoms with E-state index in [1.165, 1.54) is 0 Å². The molecule has 0 radical (unpaired) electrons. The quantitative estimate of drug-likeness (QED) is 0.860. The first kappa shape index (κ1) is 13.7. The van der Waals surface area contributed by atoms with Crippen molar-refractivity contribution in [3.63, 3.8) is 0 Å². The number of nitrogens with one attached hydrogen (secondary N) is 1. The number of halogens is 1. The van der Waals surface area contributed by atoms with Gasteiger partial charge in [0.25, 0.3) is 0 Å². The van der Waals surface area contributed by atoms with Crippen LogP contribution in [0.5, 0.6) is 11.5 Å². The highest BCUT2D eigenvalue weighted by Gasteiger charge is 2.07. The molecule has 0 atom stereocenters. The van der Waals surface area contributed by atoms with E-state index in [2.05, 4.69) is 4.72 Å². The van der Waals surface area contributed by atoms with Crippen LogP contribution in [-0.4, -0.2) is 13.6 Å². The lowest BCUT2D eigenvalue weighted by Crippen LogP contribution is -2.13. The lowest BCUT2D eigenvalue weighted by Gasteiger charge is -2.08. The highest BCUT2D eigenvalue weighted by atomic mass is 35.5. The minimum Gasteiger partial charge on any atom is -0.457 e. The highest BCUT2D eigenvalue weighted by Crippen LogP contribution is 2.23. The Morgan fingerprint density at radius 2 is 1.53 bits per heavy atom. The topological polar surface area (TPSA) is 55.4 Å². The number of benzene rings is 2. The van der Waals surface area contributed by atoms with E-state index >= 15 is 0 Å². The van der Waals surface area contributed by atoms with Crippen LogP contribution >= 0.6 is 11.6 Å². The van der Waals surface area contributed by atoms with Gasteiger partial charge in [-0.05, 0) is 36.4 Å². The summed E-state index contributed by atoms with van der Waals surface area (Å²) in [5.74, 6) is 1.34. The predicted molar refractivity (Wildman–Crippen MR) is 76.2 cm³/mol. The lowest BCUT2D eigenvalue weighted by atomic mass is 10.3. The third-order valence-corrected chi connectivity index (χ3v) is 3.95. The normalized spacial score (nSPS) is 11.0. The lowest BCUT2D eigenvalue weighted by molar-refractivity contribution is 0.483. The van der Waals surface area contributed by atoms with Crippen LogP contribution in [0, 0.1) is 0 Å². The summed E-state index contributed by atoms with van der Waals surface area (Å²) in [4.78, 5) is 0. The summed E-state index contributed by atoms with van der Waals surface area (Å²) in [6.45, 7) is 0. The van der Waals surface area contributed by atoms with Gasteiger partial charge in [-0.2, -0.15) is 0 Å². The summed E-state index contributed by atoms with van der Waals surface area (Å²) in [7, 11) is -3.47. The van der Waals surface area contributed by atoms with Crippen LogP contribution in [0.2, 0.25) is 0 Å². The first-order valence-corrected chi connectivity index (χ1v) is 7.67. The molecule has 0 aliphatic carbocycles. The van der Waals surface area contributed by atoms with Crippen molar-refractivity contribution in [3.05, 3.63) is 54.6 Å². The molecular weight excluding hydrogens is 286 g/mol. The van der Waals surface area contributed by atoms with Crippen molar-refractivity contribution in [3.8, 4) is 11.5 Å². The molecule has 2 aromatic rings.